The van der Waals surface area contributed by atoms with Gasteiger partial charge in [-0.1, -0.05) is 0 Å². The summed E-state index contributed by atoms with van der Waals surface area (Å²) in [6, 6.07) is -0.554. The third-order valence-electron chi connectivity index (χ3n) is 6.79. The van der Waals surface area contributed by atoms with Gasteiger partial charge in [-0.3, -0.25) is 4.79 Å². The Morgan fingerprint density at radius 1 is 1.09 bits per heavy atom. The number of aliphatic hydroxyl groups excluding tert-OH is 3. The molecule has 186 valence electrons. The van der Waals surface area contributed by atoms with Crippen LogP contribution < -0.4 is 27.8 Å². The Morgan fingerprint density at radius 3 is 2.50 bits per heavy atom. The van der Waals surface area contributed by atoms with Crippen molar-refractivity contribution in [3.05, 3.63) is 0 Å². The summed E-state index contributed by atoms with van der Waals surface area (Å²) in [4.78, 5) is 12.0. The van der Waals surface area contributed by atoms with Crippen molar-refractivity contribution in [1.29, 1.82) is 0 Å². The molecule has 1 aliphatic heterocycles. The third-order valence-corrected chi connectivity index (χ3v) is 6.79. The van der Waals surface area contributed by atoms with Crippen LogP contribution >= 0.6 is 0 Å². The second kappa shape index (κ2) is 12.0. The summed E-state index contributed by atoms with van der Waals surface area (Å²) >= 11 is 0. The van der Waals surface area contributed by atoms with Crippen molar-refractivity contribution >= 4 is 5.91 Å². The summed E-state index contributed by atoms with van der Waals surface area (Å²) < 4.78 is 12.0. The van der Waals surface area contributed by atoms with Crippen LogP contribution in [0.3, 0.4) is 0 Å². The fourth-order valence-electron chi connectivity index (χ4n) is 4.86. The van der Waals surface area contributed by atoms with Gasteiger partial charge in [-0.05, 0) is 57.5 Å². The van der Waals surface area contributed by atoms with Crippen molar-refractivity contribution < 1.29 is 29.6 Å². The SMILES string of the molecule is NCCC(O)C(=O)NC1CC(N)[C@@H](O[C@@H]2CC[C@H](O)C(CNCC3CC(N)C3)O2)C(O)C1. The minimum atomic E-state index is -1.17. The van der Waals surface area contributed by atoms with E-state index in [4.69, 9.17) is 26.7 Å². The molecule has 2 aliphatic carbocycles. The van der Waals surface area contributed by atoms with E-state index in [1.165, 1.54) is 0 Å². The van der Waals surface area contributed by atoms with E-state index in [2.05, 4.69) is 10.6 Å². The Bertz CT molecular complexity index is 583. The summed E-state index contributed by atoms with van der Waals surface area (Å²) in [5, 5.41) is 36.7. The highest BCUT2D eigenvalue weighted by molar-refractivity contribution is 5.80. The van der Waals surface area contributed by atoms with Crippen molar-refractivity contribution in [2.24, 2.45) is 23.1 Å². The highest BCUT2D eigenvalue weighted by Crippen LogP contribution is 2.28. The van der Waals surface area contributed by atoms with E-state index in [-0.39, 0.29) is 25.4 Å². The van der Waals surface area contributed by atoms with Crippen molar-refractivity contribution in [2.75, 3.05) is 19.6 Å². The van der Waals surface area contributed by atoms with Crippen LogP contribution in [0, 0.1) is 5.92 Å². The third kappa shape index (κ3) is 7.05. The molecule has 8 atom stereocenters. The Morgan fingerprint density at radius 2 is 1.84 bits per heavy atom. The van der Waals surface area contributed by atoms with E-state index < -0.39 is 48.8 Å². The molecule has 5 unspecified atom stereocenters. The first-order valence-electron chi connectivity index (χ1n) is 11.8. The van der Waals surface area contributed by atoms with E-state index in [1.54, 1.807) is 0 Å². The number of amides is 1. The van der Waals surface area contributed by atoms with Gasteiger partial charge in [0.2, 0.25) is 5.91 Å². The van der Waals surface area contributed by atoms with Crippen LogP contribution in [0.4, 0.5) is 0 Å². The molecule has 11 N–H and O–H groups in total. The molecule has 0 aromatic heterocycles. The molecule has 1 amide bonds. The number of ether oxygens (including phenoxy) is 2. The van der Waals surface area contributed by atoms with Gasteiger partial charge in [0, 0.05) is 31.1 Å². The van der Waals surface area contributed by atoms with Crippen molar-refractivity contribution in [3.63, 3.8) is 0 Å². The Balaban J connectivity index is 1.43. The second-order valence-electron chi connectivity index (χ2n) is 9.61. The summed E-state index contributed by atoms with van der Waals surface area (Å²) in [7, 11) is 0. The fourth-order valence-corrected chi connectivity index (χ4v) is 4.86. The average Bonchev–Trinajstić information content (AvgIpc) is 2.71. The largest absolute Gasteiger partial charge is 0.390 e. The van der Waals surface area contributed by atoms with Crippen LogP contribution in [-0.2, 0) is 14.3 Å². The molecule has 2 saturated carbocycles. The lowest BCUT2D eigenvalue weighted by molar-refractivity contribution is -0.255. The van der Waals surface area contributed by atoms with Crippen molar-refractivity contribution in [1.82, 2.24) is 10.6 Å². The summed E-state index contributed by atoms with van der Waals surface area (Å²) in [6.07, 6.45) is -0.266. The summed E-state index contributed by atoms with van der Waals surface area (Å²) in [6.45, 7) is 1.58. The highest BCUT2D eigenvalue weighted by Gasteiger charge is 2.40. The zero-order chi connectivity index (χ0) is 23.3. The number of carbonyl (C=O) groups is 1. The van der Waals surface area contributed by atoms with Crippen LogP contribution in [0.1, 0.15) is 44.9 Å². The molecule has 0 aromatic carbocycles. The molecule has 3 aliphatic rings. The van der Waals surface area contributed by atoms with Crippen LogP contribution in [0.2, 0.25) is 0 Å². The zero-order valence-electron chi connectivity index (χ0n) is 18.6. The number of aliphatic hydroxyl groups is 3. The van der Waals surface area contributed by atoms with E-state index >= 15 is 0 Å². The topological polar surface area (TPSA) is 198 Å². The molecule has 0 aromatic rings. The average molecular weight is 460 g/mol. The monoisotopic (exact) mass is 459 g/mol. The minimum absolute atomic E-state index is 0.175. The number of nitrogens with two attached hydrogens (primary N) is 3. The normalized spacial score (nSPS) is 41.0. The highest BCUT2D eigenvalue weighted by atomic mass is 16.7. The molecule has 0 spiro atoms. The first-order valence-corrected chi connectivity index (χ1v) is 11.8. The molecular formula is C21H41N5O6. The van der Waals surface area contributed by atoms with Crippen LogP contribution in [0.15, 0.2) is 0 Å². The van der Waals surface area contributed by atoms with Gasteiger partial charge in [-0.15, -0.1) is 0 Å². The van der Waals surface area contributed by atoms with Gasteiger partial charge in [0.15, 0.2) is 6.29 Å². The van der Waals surface area contributed by atoms with E-state index in [9.17, 15) is 20.1 Å². The van der Waals surface area contributed by atoms with Crippen LogP contribution in [0.5, 0.6) is 0 Å². The summed E-state index contributed by atoms with van der Waals surface area (Å²) in [5.41, 5.74) is 17.4. The maximum absolute atomic E-state index is 12.0. The Kier molecular flexibility index (Phi) is 9.65. The van der Waals surface area contributed by atoms with E-state index in [0.717, 1.165) is 19.4 Å². The molecule has 0 bridgehead atoms. The molecule has 0 radical (unpaired) electrons. The predicted octanol–water partition coefficient (Wildman–Crippen LogP) is -2.76. The van der Waals surface area contributed by atoms with Gasteiger partial charge in [0.05, 0.1) is 18.3 Å². The quantitative estimate of drug-likeness (QED) is 0.169. The second-order valence-corrected chi connectivity index (χ2v) is 9.61. The van der Waals surface area contributed by atoms with Crippen LogP contribution in [0.25, 0.3) is 0 Å². The van der Waals surface area contributed by atoms with Gasteiger partial charge in [0.1, 0.15) is 12.2 Å². The van der Waals surface area contributed by atoms with Crippen molar-refractivity contribution in [3.8, 4) is 0 Å². The molecule has 11 heteroatoms. The maximum Gasteiger partial charge on any atom is 0.249 e. The smallest absolute Gasteiger partial charge is 0.249 e. The molecule has 3 rings (SSSR count). The fraction of sp³-hybridized carbons (Fsp3) is 0.952. The maximum atomic E-state index is 12.0. The molecular weight excluding hydrogens is 418 g/mol. The standard InChI is InChI=1S/C21H41N5O6/c22-4-3-16(28)21(30)26-13-7-14(24)20(17(29)8-13)32-19-2-1-15(27)18(31-19)10-25-9-11-5-12(23)6-11/h11-20,25,27-29H,1-10,22-24H2,(H,26,30)/t11?,12?,13?,14?,15-,16?,17?,18?,19+,20+/m0/s1. The van der Waals surface area contributed by atoms with Gasteiger partial charge in [-0.2, -0.15) is 0 Å². The summed E-state index contributed by atoms with van der Waals surface area (Å²) in [5.74, 6) is 0.0704. The lowest BCUT2D eigenvalue weighted by Gasteiger charge is -2.42. The first-order chi connectivity index (χ1) is 15.3. The van der Waals surface area contributed by atoms with Crippen molar-refractivity contribution in [2.45, 2.75) is 99.9 Å². The van der Waals surface area contributed by atoms with E-state index in [1.807, 2.05) is 0 Å². The number of hydrogen-bond acceptors (Lipinski definition) is 10. The van der Waals surface area contributed by atoms with Gasteiger partial charge in [-0.25, -0.2) is 0 Å². The number of carbonyl (C=O) groups excluding carboxylic acids is 1. The Hall–Kier alpha value is -0.890. The first kappa shape index (κ1) is 25.7. The zero-order valence-corrected chi connectivity index (χ0v) is 18.6. The Labute approximate surface area is 189 Å². The van der Waals surface area contributed by atoms with Crippen LogP contribution in [-0.4, -0.2) is 95.8 Å². The molecule has 1 saturated heterocycles. The number of hydrogen-bond donors (Lipinski definition) is 8. The number of rotatable bonds is 10. The van der Waals surface area contributed by atoms with E-state index in [0.29, 0.717) is 37.8 Å². The predicted molar refractivity (Wildman–Crippen MR) is 117 cm³/mol. The van der Waals surface area contributed by atoms with Gasteiger partial charge in [0.25, 0.3) is 0 Å². The molecule has 32 heavy (non-hydrogen) atoms. The van der Waals surface area contributed by atoms with Gasteiger partial charge >= 0.3 is 0 Å². The molecule has 11 nitrogen and oxygen atoms in total. The lowest BCUT2D eigenvalue weighted by atomic mass is 9.81. The minimum Gasteiger partial charge on any atom is -0.390 e. The molecule has 1 heterocycles. The number of nitrogens with one attached hydrogen (secondary N) is 2. The lowest BCUT2D eigenvalue weighted by Crippen LogP contribution is -2.58. The molecule has 3 fully saturated rings. The van der Waals surface area contributed by atoms with Gasteiger partial charge < -0.3 is 52.6 Å².